The second kappa shape index (κ2) is 4.39. The highest BCUT2D eigenvalue weighted by Gasteiger charge is 2.24. The van der Waals surface area contributed by atoms with Gasteiger partial charge in [0.1, 0.15) is 4.90 Å². The number of aromatic nitrogens is 1. The summed E-state index contributed by atoms with van der Waals surface area (Å²) in [7, 11) is -3.51. The van der Waals surface area contributed by atoms with Crippen molar-refractivity contribution in [3.63, 3.8) is 0 Å². The zero-order valence-electron chi connectivity index (χ0n) is 8.89. The van der Waals surface area contributed by atoms with Crippen LogP contribution in [0.5, 0.6) is 0 Å². The monoisotopic (exact) mass is 241 g/mol. The van der Waals surface area contributed by atoms with E-state index >= 15 is 0 Å². The summed E-state index contributed by atoms with van der Waals surface area (Å²) < 4.78 is 26.6. The van der Waals surface area contributed by atoms with E-state index in [1.165, 1.54) is 18.5 Å². The molecular weight excluding hydrogens is 226 g/mol. The van der Waals surface area contributed by atoms with Crippen molar-refractivity contribution in [1.82, 2.24) is 9.71 Å². The van der Waals surface area contributed by atoms with Gasteiger partial charge in [-0.2, -0.15) is 0 Å². The number of nitrogen functional groups attached to an aromatic ring is 1. The fraction of sp³-hybridized carbons (Fsp3) is 0.500. The molecule has 88 valence electrons. The molecule has 0 aliphatic heterocycles. The van der Waals surface area contributed by atoms with Crippen molar-refractivity contribution in [1.29, 1.82) is 0 Å². The first kappa shape index (κ1) is 11.3. The van der Waals surface area contributed by atoms with Crippen molar-refractivity contribution in [3.8, 4) is 0 Å². The van der Waals surface area contributed by atoms with Crippen LogP contribution in [0.3, 0.4) is 0 Å². The first-order valence-electron chi connectivity index (χ1n) is 5.31. The van der Waals surface area contributed by atoms with Crippen molar-refractivity contribution in [2.75, 3.05) is 5.73 Å². The second-order valence-electron chi connectivity index (χ2n) is 4.02. The largest absolute Gasteiger partial charge is 0.398 e. The van der Waals surface area contributed by atoms with E-state index in [4.69, 9.17) is 5.73 Å². The summed E-state index contributed by atoms with van der Waals surface area (Å²) in [6.45, 7) is 0. The van der Waals surface area contributed by atoms with Crippen molar-refractivity contribution in [2.45, 2.75) is 36.6 Å². The van der Waals surface area contributed by atoms with Crippen LogP contribution in [-0.2, 0) is 10.0 Å². The average molecular weight is 241 g/mol. The summed E-state index contributed by atoms with van der Waals surface area (Å²) in [5.74, 6) is 0. The minimum Gasteiger partial charge on any atom is -0.398 e. The van der Waals surface area contributed by atoms with Gasteiger partial charge < -0.3 is 5.73 Å². The van der Waals surface area contributed by atoms with Gasteiger partial charge in [0.05, 0.1) is 5.69 Å². The number of hydrogen-bond donors (Lipinski definition) is 2. The molecule has 1 aliphatic rings. The van der Waals surface area contributed by atoms with Crippen LogP contribution >= 0.6 is 0 Å². The van der Waals surface area contributed by atoms with Crippen molar-refractivity contribution < 1.29 is 8.42 Å². The highest BCUT2D eigenvalue weighted by Crippen LogP contribution is 2.22. The number of sulfonamides is 1. The van der Waals surface area contributed by atoms with E-state index in [1.807, 2.05) is 0 Å². The molecule has 0 amide bonds. The topological polar surface area (TPSA) is 85.1 Å². The van der Waals surface area contributed by atoms with Gasteiger partial charge in [0.15, 0.2) is 0 Å². The van der Waals surface area contributed by atoms with Gasteiger partial charge in [-0.25, -0.2) is 13.1 Å². The van der Waals surface area contributed by atoms with Crippen LogP contribution < -0.4 is 10.5 Å². The standard InChI is InChI=1S/C10H15N3O2S/c11-9-5-6-12-7-10(9)16(14,15)13-8-3-1-2-4-8/h5-8,13H,1-4H2,(H2,11,12). The molecule has 2 rings (SSSR count). The molecule has 0 saturated heterocycles. The summed E-state index contributed by atoms with van der Waals surface area (Å²) in [6, 6.07) is 1.54. The normalized spacial score (nSPS) is 17.8. The first-order valence-corrected chi connectivity index (χ1v) is 6.80. The average Bonchev–Trinajstić information content (AvgIpc) is 2.70. The third-order valence-corrected chi connectivity index (χ3v) is 4.35. The predicted octanol–water partition coefficient (Wildman–Crippen LogP) is 0.885. The van der Waals surface area contributed by atoms with Crippen molar-refractivity contribution in [3.05, 3.63) is 18.5 Å². The predicted molar refractivity (Wildman–Crippen MR) is 61.2 cm³/mol. The molecule has 16 heavy (non-hydrogen) atoms. The molecule has 0 aromatic carbocycles. The lowest BCUT2D eigenvalue weighted by Gasteiger charge is -2.13. The van der Waals surface area contributed by atoms with Gasteiger partial charge in [-0.1, -0.05) is 12.8 Å². The number of nitrogens with two attached hydrogens (primary N) is 1. The van der Waals surface area contributed by atoms with Gasteiger partial charge in [0.25, 0.3) is 0 Å². The fourth-order valence-corrected chi connectivity index (χ4v) is 3.32. The van der Waals surface area contributed by atoms with E-state index in [-0.39, 0.29) is 16.6 Å². The number of nitrogens with one attached hydrogen (secondary N) is 1. The highest BCUT2D eigenvalue weighted by atomic mass is 32.2. The van der Waals surface area contributed by atoms with Crippen LogP contribution in [0.15, 0.2) is 23.4 Å². The molecule has 1 heterocycles. The van der Waals surface area contributed by atoms with Gasteiger partial charge in [-0.05, 0) is 18.9 Å². The summed E-state index contributed by atoms with van der Waals surface area (Å²) in [4.78, 5) is 3.86. The van der Waals surface area contributed by atoms with E-state index < -0.39 is 10.0 Å². The summed E-state index contributed by atoms with van der Waals surface area (Å²) in [6.07, 6.45) is 6.72. The number of rotatable bonds is 3. The maximum absolute atomic E-state index is 12.0. The lowest BCUT2D eigenvalue weighted by molar-refractivity contribution is 0.552. The van der Waals surface area contributed by atoms with Gasteiger partial charge in [-0.3, -0.25) is 4.98 Å². The number of hydrogen-bond acceptors (Lipinski definition) is 4. The molecule has 1 aromatic heterocycles. The van der Waals surface area contributed by atoms with Crippen LogP contribution in [0.4, 0.5) is 5.69 Å². The van der Waals surface area contributed by atoms with Gasteiger partial charge in [-0.15, -0.1) is 0 Å². The molecule has 6 heteroatoms. The SMILES string of the molecule is Nc1ccncc1S(=O)(=O)NC1CCCC1. The third kappa shape index (κ3) is 2.33. The molecule has 1 aliphatic carbocycles. The number of nitrogens with zero attached hydrogens (tertiary/aromatic N) is 1. The molecular formula is C10H15N3O2S. The highest BCUT2D eigenvalue weighted by molar-refractivity contribution is 7.89. The molecule has 3 N–H and O–H groups in total. The van der Waals surface area contributed by atoms with Gasteiger partial charge in [0, 0.05) is 18.4 Å². The lowest BCUT2D eigenvalue weighted by atomic mass is 10.3. The molecule has 1 saturated carbocycles. The maximum Gasteiger partial charge on any atom is 0.244 e. The summed E-state index contributed by atoms with van der Waals surface area (Å²) in [5, 5.41) is 0. The first-order chi connectivity index (χ1) is 7.59. The second-order valence-corrected chi connectivity index (χ2v) is 5.70. The molecule has 5 nitrogen and oxygen atoms in total. The summed E-state index contributed by atoms with van der Waals surface area (Å²) in [5.41, 5.74) is 5.86. The molecule has 0 spiro atoms. The fourth-order valence-electron chi connectivity index (χ4n) is 1.94. The van der Waals surface area contributed by atoms with Crippen molar-refractivity contribution in [2.24, 2.45) is 0 Å². The van der Waals surface area contributed by atoms with Crippen LogP contribution in [-0.4, -0.2) is 19.4 Å². The molecule has 1 aromatic rings. The zero-order chi connectivity index (χ0) is 11.6. The van der Waals surface area contributed by atoms with Crippen LogP contribution in [0.2, 0.25) is 0 Å². The lowest BCUT2D eigenvalue weighted by Crippen LogP contribution is -2.33. The van der Waals surface area contributed by atoms with Crippen LogP contribution in [0, 0.1) is 0 Å². The Morgan fingerprint density at radius 2 is 2.06 bits per heavy atom. The van der Waals surface area contributed by atoms with E-state index in [9.17, 15) is 8.42 Å². The van der Waals surface area contributed by atoms with Crippen LogP contribution in [0.25, 0.3) is 0 Å². The minimum atomic E-state index is -3.51. The van der Waals surface area contributed by atoms with E-state index in [0.717, 1.165) is 25.7 Å². The molecule has 1 fully saturated rings. The Morgan fingerprint density at radius 3 is 2.69 bits per heavy atom. The Hall–Kier alpha value is -1.14. The Labute approximate surface area is 95.1 Å². The molecule has 0 atom stereocenters. The Balaban J connectivity index is 2.21. The minimum absolute atomic E-state index is 0.0459. The van der Waals surface area contributed by atoms with E-state index in [1.54, 1.807) is 0 Å². The Bertz CT molecular complexity index is 467. The van der Waals surface area contributed by atoms with E-state index in [0.29, 0.717) is 0 Å². The number of anilines is 1. The molecule has 0 unspecified atom stereocenters. The Kier molecular flexibility index (Phi) is 3.11. The van der Waals surface area contributed by atoms with Crippen LogP contribution in [0.1, 0.15) is 25.7 Å². The molecule has 0 bridgehead atoms. The third-order valence-electron chi connectivity index (χ3n) is 2.78. The maximum atomic E-state index is 12.0. The van der Waals surface area contributed by atoms with Gasteiger partial charge >= 0.3 is 0 Å². The smallest absolute Gasteiger partial charge is 0.244 e. The van der Waals surface area contributed by atoms with E-state index in [2.05, 4.69) is 9.71 Å². The van der Waals surface area contributed by atoms with Crippen molar-refractivity contribution >= 4 is 15.7 Å². The Morgan fingerprint density at radius 1 is 1.38 bits per heavy atom. The van der Waals surface area contributed by atoms with Gasteiger partial charge in [0.2, 0.25) is 10.0 Å². The zero-order valence-corrected chi connectivity index (χ0v) is 9.70. The molecule has 0 radical (unpaired) electrons. The summed E-state index contributed by atoms with van der Waals surface area (Å²) >= 11 is 0. The number of pyridine rings is 1. The quantitative estimate of drug-likeness (QED) is 0.822.